The predicted molar refractivity (Wildman–Crippen MR) is 127 cm³/mol. The Bertz CT molecular complexity index is 1490. The summed E-state index contributed by atoms with van der Waals surface area (Å²) >= 11 is 0. The minimum absolute atomic E-state index is 0.175. The number of carboxylic acid groups (broad SMARTS) is 1. The molecule has 0 radical (unpaired) electrons. The average Bonchev–Trinajstić information content (AvgIpc) is 3.52. The largest absolute Gasteiger partial charge is 0.478 e. The maximum absolute atomic E-state index is 14.2. The van der Waals surface area contributed by atoms with Crippen molar-refractivity contribution in [1.82, 2.24) is 19.6 Å². The number of alkyl halides is 2. The molecule has 8 nitrogen and oxygen atoms in total. The lowest BCUT2D eigenvalue weighted by Crippen LogP contribution is -2.42. The van der Waals surface area contributed by atoms with Crippen molar-refractivity contribution < 1.29 is 18.7 Å². The first-order chi connectivity index (χ1) is 16.7. The summed E-state index contributed by atoms with van der Waals surface area (Å²) < 4.78 is 30.2. The van der Waals surface area contributed by atoms with Crippen LogP contribution in [0.3, 0.4) is 0 Å². The smallest absolute Gasteiger partial charge is 0.337 e. The van der Waals surface area contributed by atoms with Crippen molar-refractivity contribution in [2.24, 2.45) is 5.92 Å². The highest BCUT2D eigenvalue weighted by Crippen LogP contribution is 2.49. The molecule has 2 aromatic heterocycles. The van der Waals surface area contributed by atoms with E-state index in [1.54, 1.807) is 35.0 Å². The van der Waals surface area contributed by atoms with E-state index in [0.29, 0.717) is 29.2 Å². The van der Waals surface area contributed by atoms with Gasteiger partial charge >= 0.3 is 5.97 Å². The third kappa shape index (κ3) is 3.38. The van der Waals surface area contributed by atoms with Crippen LogP contribution in [0.5, 0.6) is 0 Å². The number of aromatic carboxylic acids is 1. The lowest BCUT2D eigenvalue weighted by atomic mass is 10.0. The molecule has 2 aromatic carbocycles. The first kappa shape index (κ1) is 21.7. The number of nitrogens with one attached hydrogen (secondary N) is 1. The highest BCUT2D eigenvalue weighted by Gasteiger charge is 2.56. The summed E-state index contributed by atoms with van der Waals surface area (Å²) in [5, 5.41) is 22.1. The number of carbonyl (C=O) groups is 1. The fourth-order valence-corrected chi connectivity index (χ4v) is 5.60. The second-order valence-electron chi connectivity index (χ2n) is 9.61. The number of para-hydroxylation sites is 1. The van der Waals surface area contributed by atoms with Gasteiger partial charge in [0, 0.05) is 41.6 Å². The summed E-state index contributed by atoms with van der Waals surface area (Å²) in [5.74, 6) is -3.77. The molecule has 2 fully saturated rings. The van der Waals surface area contributed by atoms with E-state index < -0.39 is 17.8 Å². The fourth-order valence-electron chi connectivity index (χ4n) is 5.60. The zero-order valence-corrected chi connectivity index (χ0v) is 19.2. The summed E-state index contributed by atoms with van der Waals surface area (Å²) in [7, 11) is 0. The highest BCUT2D eigenvalue weighted by molar-refractivity contribution is 5.96. The molecule has 1 aliphatic heterocycles. The molecule has 1 saturated heterocycles. The normalized spacial score (nSPS) is 21.7. The molecule has 2 aliphatic rings. The molecule has 1 saturated carbocycles. The molecule has 2 bridgehead atoms. The van der Waals surface area contributed by atoms with Gasteiger partial charge < -0.3 is 15.3 Å². The van der Waals surface area contributed by atoms with Crippen LogP contribution in [0.1, 0.15) is 47.3 Å². The number of fused-ring (bicyclic) bond motifs is 5. The first-order valence-electron chi connectivity index (χ1n) is 11.6. The Morgan fingerprint density at radius 2 is 2.09 bits per heavy atom. The minimum Gasteiger partial charge on any atom is -0.478 e. The number of hydrogen-bond acceptors (Lipinski definition) is 6. The molecule has 35 heavy (non-hydrogen) atoms. The number of carboxylic acids is 1. The molecule has 2 N–H and O–H groups in total. The van der Waals surface area contributed by atoms with E-state index in [0.717, 1.165) is 16.5 Å². The Hall–Kier alpha value is -3.82. The van der Waals surface area contributed by atoms with Gasteiger partial charge in [0.15, 0.2) is 5.65 Å². The van der Waals surface area contributed by atoms with Crippen LogP contribution in [0.4, 0.5) is 20.4 Å². The van der Waals surface area contributed by atoms with E-state index in [9.17, 15) is 18.7 Å². The quantitative estimate of drug-likeness (QED) is 0.430. The predicted octanol–water partition coefficient (Wildman–Crippen LogP) is 4.69. The first-order valence-corrected chi connectivity index (χ1v) is 11.6. The number of nitrogens with zero attached hydrogens (tertiary/aromatic N) is 5. The van der Waals surface area contributed by atoms with E-state index in [1.165, 1.54) is 0 Å². The van der Waals surface area contributed by atoms with Gasteiger partial charge in [-0.05, 0) is 44.0 Å². The molecular formula is C25H24F2N6O2. The summed E-state index contributed by atoms with van der Waals surface area (Å²) in [4.78, 5) is 18.6. The number of aromatic nitrogens is 4. The molecule has 0 spiro atoms. The Balaban J connectivity index is 1.48. The van der Waals surface area contributed by atoms with Crippen LogP contribution >= 0.6 is 0 Å². The average molecular weight is 479 g/mol. The Kier molecular flexibility index (Phi) is 4.71. The van der Waals surface area contributed by atoms with E-state index in [2.05, 4.69) is 15.5 Å². The van der Waals surface area contributed by atoms with Crippen molar-refractivity contribution >= 4 is 34.2 Å². The molecule has 1 aliphatic carbocycles. The number of piperidine rings is 1. The van der Waals surface area contributed by atoms with Crippen LogP contribution in [0.15, 0.2) is 42.7 Å². The molecule has 180 valence electrons. The number of benzene rings is 2. The Labute approximate surface area is 199 Å². The second-order valence-corrected chi connectivity index (χ2v) is 9.61. The lowest BCUT2D eigenvalue weighted by molar-refractivity contribution is -0.0412. The maximum Gasteiger partial charge on any atom is 0.337 e. The van der Waals surface area contributed by atoms with E-state index in [1.807, 2.05) is 30.9 Å². The van der Waals surface area contributed by atoms with Gasteiger partial charge in [-0.2, -0.15) is 0 Å². The molecule has 3 heterocycles. The third-order valence-electron chi connectivity index (χ3n) is 7.27. The number of hydrogen-bond donors (Lipinski definition) is 2. The van der Waals surface area contributed by atoms with Crippen LogP contribution in [0.2, 0.25) is 0 Å². The standard InChI is InChI=1S/C25H24F2N6O2/c1-13-7-18(14(2)29-20-6-4-3-5-17(20)23(34)35)21-19(8-13)22-31-28-12-33(22)24(30-21)32-11-15-9-16(32)10-25(15,26)27/h3-8,12,14-16,29H,9-11H2,1-2H3,(H,34,35)/t14-,15-,16-/m1/s1. The van der Waals surface area contributed by atoms with Crippen molar-refractivity contribution in [2.45, 2.75) is 44.7 Å². The molecule has 3 atom stereocenters. The van der Waals surface area contributed by atoms with Gasteiger partial charge in [-0.1, -0.05) is 18.2 Å². The lowest BCUT2D eigenvalue weighted by Gasteiger charge is -2.32. The van der Waals surface area contributed by atoms with Crippen molar-refractivity contribution in [3.63, 3.8) is 0 Å². The summed E-state index contributed by atoms with van der Waals surface area (Å²) in [5.41, 5.74) is 3.84. The number of anilines is 2. The number of halogens is 2. The van der Waals surface area contributed by atoms with Gasteiger partial charge in [-0.25, -0.2) is 18.6 Å². The summed E-state index contributed by atoms with van der Waals surface area (Å²) in [6.45, 7) is 4.16. The van der Waals surface area contributed by atoms with Gasteiger partial charge in [0.05, 0.1) is 17.1 Å². The molecule has 0 amide bonds. The van der Waals surface area contributed by atoms with Gasteiger partial charge in [0.1, 0.15) is 6.33 Å². The van der Waals surface area contributed by atoms with Crippen molar-refractivity contribution in [3.8, 4) is 0 Å². The van der Waals surface area contributed by atoms with Crippen LogP contribution in [-0.2, 0) is 0 Å². The van der Waals surface area contributed by atoms with Gasteiger partial charge in [-0.15, -0.1) is 10.2 Å². The maximum atomic E-state index is 14.2. The molecule has 4 aromatic rings. The van der Waals surface area contributed by atoms with Crippen LogP contribution in [0.25, 0.3) is 16.6 Å². The van der Waals surface area contributed by atoms with Crippen LogP contribution < -0.4 is 10.2 Å². The van der Waals surface area contributed by atoms with Crippen molar-refractivity contribution in [3.05, 3.63) is 59.4 Å². The van der Waals surface area contributed by atoms with Gasteiger partial charge in [0.2, 0.25) is 5.95 Å². The van der Waals surface area contributed by atoms with Crippen molar-refractivity contribution in [1.29, 1.82) is 0 Å². The highest BCUT2D eigenvalue weighted by atomic mass is 19.3. The molecule has 6 rings (SSSR count). The zero-order valence-electron chi connectivity index (χ0n) is 19.2. The summed E-state index contributed by atoms with van der Waals surface area (Å²) in [6.07, 6.45) is 1.85. The SMILES string of the molecule is Cc1cc([C@@H](C)Nc2ccccc2C(=O)O)c2nc(N3C[C@H]4C[C@@H]3CC4(F)F)n3cnnc3c2c1. The summed E-state index contributed by atoms with van der Waals surface area (Å²) in [6, 6.07) is 10.2. The van der Waals surface area contributed by atoms with Crippen LogP contribution in [-0.4, -0.2) is 49.2 Å². The number of rotatable bonds is 5. The topological polar surface area (TPSA) is 95.6 Å². The van der Waals surface area contributed by atoms with Crippen molar-refractivity contribution in [2.75, 3.05) is 16.8 Å². The monoisotopic (exact) mass is 478 g/mol. The van der Waals surface area contributed by atoms with E-state index in [4.69, 9.17) is 4.98 Å². The zero-order chi connectivity index (χ0) is 24.5. The molecule has 10 heteroatoms. The van der Waals surface area contributed by atoms with E-state index >= 15 is 0 Å². The minimum atomic E-state index is -2.64. The van der Waals surface area contributed by atoms with Gasteiger partial charge in [0.25, 0.3) is 5.92 Å². The number of aryl methyl sites for hydroxylation is 1. The fraction of sp³-hybridized carbons (Fsp3) is 0.360. The molecule has 0 unspecified atom stereocenters. The van der Waals surface area contributed by atoms with Gasteiger partial charge in [-0.3, -0.25) is 4.40 Å². The van der Waals surface area contributed by atoms with Crippen LogP contribution in [0, 0.1) is 12.8 Å². The Morgan fingerprint density at radius 3 is 2.80 bits per heavy atom. The third-order valence-corrected chi connectivity index (χ3v) is 7.27. The Morgan fingerprint density at radius 1 is 1.29 bits per heavy atom. The second kappa shape index (κ2) is 7.59. The molecular weight excluding hydrogens is 454 g/mol. The van der Waals surface area contributed by atoms with E-state index in [-0.39, 0.29) is 30.6 Å².